The Morgan fingerprint density at radius 3 is 2.62 bits per heavy atom. The summed E-state index contributed by atoms with van der Waals surface area (Å²) < 4.78 is 5.30. The van der Waals surface area contributed by atoms with E-state index in [0.29, 0.717) is 28.6 Å². The minimum Gasteiger partial charge on any atom is -0.495 e. The highest BCUT2D eigenvalue weighted by atomic mass is 16.5. The molecule has 0 atom stereocenters. The standard InChI is InChI=1S/C23H16N8O/c1-32-16-7-14(10-25-12-16)15-8-18-20(30-31-21(18)27-11-15)23-28-19-17(4-6-26-22(19)29-23)13-3-2-5-24-9-13/h2-12H,1H3,(H,26,28,29)(H,27,30,31). The zero-order valence-electron chi connectivity index (χ0n) is 16.9. The van der Waals surface area contributed by atoms with E-state index in [4.69, 9.17) is 9.72 Å². The summed E-state index contributed by atoms with van der Waals surface area (Å²) in [6, 6.07) is 9.76. The molecule has 0 aliphatic rings. The molecule has 0 spiro atoms. The third-order valence-corrected chi connectivity index (χ3v) is 5.28. The normalized spacial score (nSPS) is 11.3. The van der Waals surface area contributed by atoms with Gasteiger partial charge in [0.2, 0.25) is 0 Å². The summed E-state index contributed by atoms with van der Waals surface area (Å²) in [5.41, 5.74) is 6.49. The lowest BCUT2D eigenvalue weighted by Crippen LogP contribution is -1.88. The molecule has 0 bridgehead atoms. The minimum absolute atomic E-state index is 0.609. The van der Waals surface area contributed by atoms with E-state index < -0.39 is 0 Å². The van der Waals surface area contributed by atoms with Crippen LogP contribution in [0, 0.1) is 0 Å². The molecule has 0 aromatic carbocycles. The molecule has 2 N–H and O–H groups in total. The molecule has 0 amide bonds. The number of ether oxygens (including phenoxy) is 1. The fraction of sp³-hybridized carbons (Fsp3) is 0.0435. The Bertz CT molecular complexity index is 1570. The minimum atomic E-state index is 0.609. The van der Waals surface area contributed by atoms with Crippen molar-refractivity contribution < 1.29 is 4.74 Å². The van der Waals surface area contributed by atoms with Crippen LogP contribution in [0.15, 0.2) is 67.5 Å². The van der Waals surface area contributed by atoms with Crippen LogP contribution in [-0.2, 0) is 0 Å². The van der Waals surface area contributed by atoms with E-state index in [1.807, 2.05) is 36.5 Å². The molecular weight excluding hydrogens is 404 g/mol. The zero-order valence-corrected chi connectivity index (χ0v) is 16.9. The molecule has 0 radical (unpaired) electrons. The molecule has 6 rings (SSSR count). The zero-order chi connectivity index (χ0) is 21.5. The summed E-state index contributed by atoms with van der Waals surface area (Å²) in [6.45, 7) is 0. The van der Waals surface area contributed by atoms with Gasteiger partial charge in [0.1, 0.15) is 17.0 Å². The number of H-pyrrole nitrogens is 2. The van der Waals surface area contributed by atoms with Gasteiger partial charge in [-0.2, -0.15) is 5.10 Å². The fourth-order valence-corrected chi connectivity index (χ4v) is 3.71. The molecule has 0 aliphatic heterocycles. The average molecular weight is 420 g/mol. The SMILES string of the molecule is COc1cncc(-c2cnc3[nH]nc(-c4nc5c(-c6cccnc6)ccnc5[nH]4)c3c2)c1. The second kappa shape index (κ2) is 7.24. The first kappa shape index (κ1) is 18.1. The van der Waals surface area contributed by atoms with Crippen LogP contribution >= 0.6 is 0 Å². The highest BCUT2D eigenvalue weighted by molar-refractivity contribution is 5.96. The van der Waals surface area contributed by atoms with Crippen molar-refractivity contribution >= 4 is 22.2 Å². The summed E-state index contributed by atoms with van der Waals surface area (Å²) in [5.74, 6) is 1.29. The van der Waals surface area contributed by atoms with Crippen LogP contribution in [0.1, 0.15) is 0 Å². The molecule has 0 unspecified atom stereocenters. The Morgan fingerprint density at radius 2 is 1.75 bits per heavy atom. The maximum Gasteiger partial charge on any atom is 0.161 e. The van der Waals surface area contributed by atoms with Crippen molar-refractivity contribution in [3.63, 3.8) is 0 Å². The van der Waals surface area contributed by atoms with E-state index in [0.717, 1.165) is 33.2 Å². The molecule has 0 saturated carbocycles. The Hall–Kier alpha value is -4.66. The number of fused-ring (bicyclic) bond motifs is 2. The van der Waals surface area contributed by atoms with Crippen molar-refractivity contribution in [2.75, 3.05) is 7.11 Å². The Morgan fingerprint density at radius 1 is 0.844 bits per heavy atom. The highest BCUT2D eigenvalue weighted by Gasteiger charge is 2.17. The van der Waals surface area contributed by atoms with Crippen molar-refractivity contribution in [1.82, 2.24) is 40.1 Å². The number of pyridine rings is 4. The maximum atomic E-state index is 5.30. The van der Waals surface area contributed by atoms with Gasteiger partial charge < -0.3 is 9.72 Å². The summed E-state index contributed by atoms with van der Waals surface area (Å²) in [4.78, 5) is 25.5. The van der Waals surface area contributed by atoms with Crippen molar-refractivity contribution in [3.05, 3.63) is 67.5 Å². The summed E-state index contributed by atoms with van der Waals surface area (Å²) >= 11 is 0. The Balaban J connectivity index is 1.50. The number of hydrogen-bond donors (Lipinski definition) is 2. The van der Waals surface area contributed by atoms with E-state index in [2.05, 4.69) is 35.1 Å². The van der Waals surface area contributed by atoms with Crippen LogP contribution in [0.2, 0.25) is 0 Å². The van der Waals surface area contributed by atoms with Crippen LogP contribution in [0.5, 0.6) is 5.75 Å². The van der Waals surface area contributed by atoms with E-state index in [9.17, 15) is 0 Å². The van der Waals surface area contributed by atoms with Crippen molar-refractivity contribution in [3.8, 4) is 39.5 Å². The lowest BCUT2D eigenvalue weighted by molar-refractivity contribution is 0.413. The number of rotatable bonds is 4. The average Bonchev–Trinajstić information content (AvgIpc) is 3.48. The number of aromatic nitrogens is 8. The Kier molecular flexibility index (Phi) is 4.10. The Labute approximate surface area is 181 Å². The number of aromatic amines is 2. The van der Waals surface area contributed by atoms with Gasteiger partial charge in [-0.3, -0.25) is 15.1 Å². The van der Waals surface area contributed by atoms with Crippen LogP contribution < -0.4 is 4.74 Å². The predicted octanol–water partition coefficient (Wildman–Crippen LogP) is 4.03. The van der Waals surface area contributed by atoms with Crippen molar-refractivity contribution in [2.45, 2.75) is 0 Å². The smallest absolute Gasteiger partial charge is 0.161 e. The molecule has 9 heteroatoms. The summed E-state index contributed by atoms with van der Waals surface area (Å²) in [6.07, 6.45) is 10.5. The third kappa shape index (κ3) is 2.95. The van der Waals surface area contributed by atoms with Gasteiger partial charge in [-0.05, 0) is 24.3 Å². The fourth-order valence-electron chi connectivity index (χ4n) is 3.71. The molecular formula is C23H16N8O. The van der Waals surface area contributed by atoms with Crippen molar-refractivity contribution in [2.24, 2.45) is 0 Å². The molecule has 0 aliphatic carbocycles. The number of nitrogens with one attached hydrogen (secondary N) is 2. The monoisotopic (exact) mass is 420 g/mol. The van der Waals surface area contributed by atoms with Gasteiger partial charge in [0.25, 0.3) is 0 Å². The van der Waals surface area contributed by atoms with E-state index >= 15 is 0 Å². The molecule has 6 aromatic heterocycles. The van der Waals surface area contributed by atoms with Gasteiger partial charge in [0.05, 0.1) is 18.7 Å². The number of imidazole rings is 1. The first-order chi connectivity index (χ1) is 15.8. The molecule has 6 aromatic rings. The van der Waals surface area contributed by atoms with E-state index in [1.165, 1.54) is 0 Å². The van der Waals surface area contributed by atoms with E-state index in [-0.39, 0.29) is 0 Å². The van der Waals surface area contributed by atoms with Gasteiger partial charge in [-0.1, -0.05) is 6.07 Å². The lowest BCUT2D eigenvalue weighted by atomic mass is 10.1. The van der Waals surface area contributed by atoms with Gasteiger partial charge in [0.15, 0.2) is 17.1 Å². The van der Waals surface area contributed by atoms with Gasteiger partial charge in [-0.15, -0.1) is 0 Å². The second-order valence-corrected chi connectivity index (χ2v) is 7.19. The maximum absolute atomic E-state index is 5.30. The predicted molar refractivity (Wildman–Crippen MR) is 120 cm³/mol. The molecule has 9 nitrogen and oxygen atoms in total. The molecule has 0 fully saturated rings. The van der Waals surface area contributed by atoms with Crippen LogP contribution in [0.25, 0.3) is 56.0 Å². The largest absolute Gasteiger partial charge is 0.495 e. The first-order valence-corrected chi connectivity index (χ1v) is 9.89. The topological polar surface area (TPSA) is 118 Å². The van der Waals surface area contributed by atoms with Gasteiger partial charge in [0, 0.05) is 53.2 Å². The number of nitrogens with zero attached hydrogens (tertiary/aromatic N) is 6. The van der Waals surface area contributed by atoms with Crippen molar-refractivity contribution in [1.29, 1.82) is 0 Å². The van der Waals surface area contributed by atoms with Crippen LogP contribution in [-0.4, -0.2) is 47.2 Å². The lowest BCUT2D eigenvalue weighted by Gasteiger charge is -2.04. The number of hydrogen-bond acceptors (Lipinski definition) is 7. The van der Waals surface area contributed by atoms with E-state index in [1.54, 1.807) is 38.1 Å². The molecule has 6 heterocycles. The second-order valence-electron chi connectivity index (χ2n) is 7.19. The van der Waals surface area contributed by atoms with Crippen LogP contribution in [0.3, 0.4) is 0 Å². The third-order valence-electron chi connectivity index (χ3n) is 5.28. The van der Waals surface area contributed by atoms with Gasteiger partial charge >= 0.3 is 0 Å². The quantitative estimate of drug-likeness (QED) is 0.442. The molecule has 154 valence electrons. The first-order valence-electron chi connectivity index (χ1n) is 9.89. The van der Waals surface area contributed by atoms with Gasteiger partial charge in [-0.25, -0.2) is 15.0 Å². The summed E-state index contributed by atoms with van der Waals surface area (Å²) in [5, 5.41) is 8.30. The molecule has 0 saturated heterocycles. The molecule has 32 heavy (non-hydrogen) atoms. The highest BCUT2D eigenvalue weighted by Crippen LogP contribution is 2.32. The number of methoxy groups -OCH3 is 1. The van der Waals surface area contributed by atoms with Crippen LogP contribution in [0.4, 0.5) is 0 Å². The summed E-state index contributed by atoms with van der Waals surface area (Å²) in [7, 11) is 1.62.